The number of urea groups is 1. The fourth-order valence-corrected chi connectivity index (χ4v) is 3.92. The molecule has 0 N–H and O–H groups in total. The van der Waals surface area contributed by atoms with E-state index in [9.17, 15) is 4.79 Å². The van der Waals surface area contributed by atoms with Crippen molar-refractivity contribution >= 4 is 6.03 Å². The third-order valence-corrected chi connectivity index (χ3v) is 5.38. The van der Waals surface area contributed by atoms with Crippen LogP contribution >= 0.6 is 0 Å². The van der Waals surface area contributed by atoms with Crippen molar-refractivity contribution in [3.63, 3.8) is 0 Å². The Hall–Kier alpha value is -2.60. The second-order valence-electron chi connectivity index (χ2n) is 7.40. The first kappa shape index (κ1) is 17.8. The summed E-state index contributed by atoms with van der Waals surface area (Å²) >= 11 is 0. The number of ether oxygens (including phenoxy) is 1. The maximum absolute atomic E-state index is 12.8. The Bertz CT molecular complexity index is 808. The zero-order chi connectivity index (χ0) is 18.8. The number of aromatic nitrogens is 1. The number of amides is 2. The van der Waals surface area contributed by atoms with E-state index < -0.39 is 0 Å². The molecule has 6 heteroatoms. The molecule has 142 valence electrons. The van der Waals surface area contributed by atoms with Crippen molar-refractivity contribution in [3.8, 4) is 5.88 Å². The largest absolute Gasteiger partial charge is 0.481 e. The molecule has 4 rings (SSSR count). The molecule has 1 aromatic heterocycles. The zero-order valence-electron chi connectivity index (χ0n) is 16.0. The van der Waals surface area contributed by atoms with Gasteiger partial charge in [-0.15, -0.1) is 0 Å². The Morgan fingerprint density at radius 2 is 1.89 bits per heavy atom. The third-order valence-electron chi connectivity index (χ3n) is 5.38. The average molecular weight is 366 g/mol. The number of aryl methyl sites for hydroxylation is 1. The maximum Gasteiger partial charge on any atom is 0.320 e. The van der Waals surface area contributed by atoms with Crippen LogP contribution in [0.3, 0.4) is 0 Å². The van der Waals surface area contributed by atoms with Gasteiger partial charge in [-0.25, -0.2) is 9.78 Å². The molecule has 6 nitrogen and oxygen atoms in total. The molecule has 2 aliphatic heterocycles. The minimum Gasteiger partial charge on any atom is -0.481 e. The second kappa shape index (κ2) is 7.56. The highest BCUT2D eigenvalue weighted by Gasteiger charge is 2.40. The highest BCUT2D eigenvalue weighted by Crippen LogP contribution is 2.23. The van der Waals surface area contributed by atoms with Gasteiger partial charge in [0.15, 0.2) is 0 Å². The summed E-state index contributed by atoms with van der Waals surface area (Å²) < 4.78 is 5.22. The van der Waals surface area contributed by atoms with Crippen LogP contribution in [0, 0.1) is 6.92 Å². The summed E-state index contributed by atoms with van der Waals surface area (Å²) in [5.41, 5.74) is 3.43. The molecule has 3 heterocycles. The molecule has 0 spiro atoms. The van der Waals surface area contributed by atoms with Gasteiger partial charge in [-0.3, -0.25) is 4.90 Å². The molecule has 2 aliphatic rings. The third kappa shape index (κ3) is 3.90. The van der Waals surface area contributed by atoms with Crippen molar-refractivity contribution in [3.05, 3.63) is 59.3 Å². The number of carbonyl (C=O) groups is 1. The molecule has 2 fully saturated rings. The number of carbonyl (C=O) groups excluding carboxylic acids is 1. The maximum atomic E-state index is 12.8. The summed E-state index contributed by atoms with van der Waals surface area (Å²) in [6, 6.07) is 14.7. The van der Waals surface area contributed by atoms with Crippen molar-refractivity contribution in [1.29, 1.82) is 0 Å². The van der Waals surface area contributed by atoms with Crippen LogP contribution in [0.4, 0.5) is 4.79 Å². The lowest BCUT2D eigenvalue weighted by molar-refractivity contribution is 0.115. The average Bonchev–Trinajstić information content (AvgIpc) is 2.99. The quantitative estimate of drug-likeness (QED) is 0.816. The minimum atomic E-state index is 0.166. The smallest absolute Gasteiger partial charge is 0.320 e. The number of rotatable bonds is 5. The number of nitrogens with zero attached hydrogens (tertiary/aromatic N) is 4. The summed E-state index contributed by atoms with van der Waals surface area (Å²) in [5.74, 6) is 0.645. The van der Waals surface area contributed by atoms with E-state index in [1.54, 1.807) is 7.11 Å². The summed E-state index contributed by atoms with van der Waals surface area (Å²) in [6.07, 6.45) is 0. The lowest BCUT2D eigenvalue weighted by atomic mass is 10.1. The molecule has 0 aliphatic carbocycles. The van der Waals surface area contributed by atoms with Crippen molar-refractivity contribution in [2.75, 3.05) is 33.3 Å². The highest BCUT2D eigenvalue weighted by atomic mass is 16.5. The van der Waals surface area contributed by atoms with E-state index in [0.717, 1.165) is 38.4 Å². The molecule has 0 radical (unpaired) electrons. The monoisotopic (exact) mass is 366 g/mol. The normalized spacial score (nSPS) is 20.1. The second-order valence-corrected chi connectivity index (χ2v) is 7.40. The molecule has 0 bridgehead atoms. The van der Waals surface area contributed by atoms with Gasteiger partial charge in [-0.1, -0.05) is 35.9 Å². The van der Waals surface area contributed by atoms with Gasteiger partial charge in [0.25, 0.3) is 0 Å². The Balaban J connectivity index is 1.38. The molecule has 2 aromatic rings. The lowest BCUT2D eigenvalue weighted by Gasteiger charge is -2.36. The number of pyridine rings is 1. The number of hydrogen-bond donors (Lipinski definition) is 0. The molecule has 1 aromatic carbocycles. The van der Waals surface area contributed by atoms with Crippen molar-refractivity contribution < 1.29 is 9.53 Å². The SMILES string of the molecule is COc1cccc(CN2CCN3C(=O)N(Cc4ccc(C)cc4)C[C@H]3C2)n1. The van der Waals surface area contributed by atoms with Gasteiger partial charge in [-0.2, -0.15) is 0 Å². The predicted octanol–water partition coefficient (Wildman–Crippen LogP) is 2.52. The predicted molar refractivity (Wildman–Crippen MR) is 104 cm³/mol. The van der Waals surface area contributed by atoms with Crippen LogP contribution in [-0.4, -0.2) is 65.0 Å². The molecule has 0 unspecified atom stereocenters. The molecule has 1 atom stereocenters. The number of piperazine rings is 1. The highest BCUT2D eigenvalue weighted by molar-refractivity contribution is 5.77. The Morgan fingerprint density at radius 3 is 2.67 bits per heavy atom. The van der Waals surface area contributed by atoms with Crippen molar-refractivity contribution in [2.45, 2.75) is 26.1 Å². The first-order valence-corrected chi connectivity index (χ1v) is 9.46. The summed E-state index contributed by atoms with van der Waals surface area (Å²) in [6.45, 7) is 6.87. The minimum absolute atomic E-state index is 0.166. The van der Waals surface area contributed by atoms with Crippen molar-refractivity contribution in [1.82, 2.24) is 19.7 Å². The fraction of sp³-hybridized carbons (Fsp3) is 0.429. The van der Waals surface area contributed by atoms with E-state index in [1.165, 1.54) is 11.1 Å². The molecule has 2 amide bonds. The summed E-state index contributed by atoms with van der Waals surface area (Å²) in [4.78, 5) is 23.7. The first-order valence-electron chi connectivity index (χ1n) is 9.46. The molecular weight excluding hydrogens is 340 g/mol. The van der Waals surface area contributed by atoms with E-state index >= 15 is 0 Å². The van der Waals surface area contributed by atoms with Gasteiger partial charge in [0, 0.05) is 45.3 Å². The van der Waals surface area contributed by atoms with E-state index in [0.29, 0.717) is 12.4 Å². The number of benzene rings is 1. The van der Waals surface area contributed by atoms with Crippen molar-refractivity contribution in [2.24, 2.45) is 0 Å². The van der Waals surface area contributed by atoms with Crippen LogP contribution in [0.1, 0.15) is 16.8 Å². The Morgan fingerprint density at radius 1 is 1.07 bits per heavy atom. The van der Waals surface area contributed by atoms with Gasteiger partial charge in [-0.05, 0) is 18.6 Å². The fourth-order valence-electron chi connectivity index (χ4n) is 3.92. The molecule has 0 saturated carbocycles. The van der Waals surface area contributed by atoms with E-state index in [-0.39, 0.29) is 12.1 Å². The number of hydrogen-bond acceptors (Lipinski definition) is 4. The van der Waals surface area contributed by atoms with E-state index in [4.69, 9.17) is 4.74 Å². The van der Waals surface area contributed by atoms with Gasteiger partial charge in [0.2, 0.25) is 5.88 Å². The van der Waals surface area contributed by atoms with Gasteiger partial charge in [0.1, 0.15) is 0 Å². The number of methoxy groups -OCH3 is 1. The van der Waals surface area contributed by atoms with Gasteiger partial charge in [0.05, 0.1) is 18.8 Å². The molecule has 27 heavy (non-hydrogen) atoms. The van der Waals surface area contributed by atoms with Gasteiger partial charge < -0.3 is 14.5 Å². The molecule has 2 saturated heterocycles. The van der Waals surface area contributed by atoms with Crippen LogP contribution in [0.5, 0.6) is 5.88 Å². The lowest BCUT2D eigenvalue weighted by Crippen LogP contribution is -2.51. The van der Waals surface area contributed by atoms with Gasteiger partial charge >= 0.3 is 6.03 Å². The zero-order valence-corrected chi connectivity index (χ0v) is 16.0. The van der Waals surface area contributed by atoms with Crippen LogP contribution in [0.25, 0.3) is 0 Å². The Labute approximate surface area is 160 Å². The topological polar surface area (TPSA) is 48.9 Å². The van der Waals surface area contributed by atoms with E-state index in [1.807, 2.05) is 28.0 Å². The summed E-state index contributed by atoms with van der Waals surface area (Å²) in [5, 5.41) is 0. The first-order chi connectivity index (χ1) is 13.1. The van der Waals surface area contributed by atoms with Crippen LogP contribution in [-0.2, 0) is 13.1 Å². The Kier molecular flexibility index (Phi) is 4.99. The summed E-state index contributed by atoms with van der Waals surface area (Å²) in [7, 11) is 1.64. The van der Waals surface area contributed by atoms with Crippen LogP contribution < -0.4 is 4.74 Å². The standard InChI is InChI=1S/C21H26N4O2/c1-16-6-8-17(9-7-16)12-24-15-19-14-23(10-11-25(19)21(24)26)13-18-4-3-5-20(22-18)27-2/h3-9,19H,10-15H2,1-2H3/t19-/m1/s1. The van der Waals surface area contributed by atoms with E-state index in [2.05, 4.69) is 41.1 Å². The molecular formula is C21H26N4O2. The van der Waals surface area contributed by atoms with Crippen LogP contribution in [0.2, 0.25) is 0 Å². The van der Waals surface area contributed by atoms with Crippen LogP contribution in [0.15, 0.2) is 42.5 Å². The number of fused-ring (bicyclic) bond motifs is 1.